The Bertz CT molecular complexity index is 1150. The molecule has 2 amide bonds. The molecule has 1 aromatic carbocycles. The van der Waals surface area contributed by atoms with Crippen LogP contribution in [0.2, 0.25) is 0 Å². The van der Waals surface area contributed by atoms with Gasteiger partial charge in [0.1, 0.15) is 6.54 Å². The van der Waals surface area contributed by atoms with Gasteiger partial charge in [-0.05, 0) is 57.7 Å². The van der Waals surface area contributed by atoms with E-state index in [0.29, 0.717) is 17.2 Å². The van der Waals surface area contributed by atoms with Crippen LogP contribution in [0.3, 0.4) is 0 Å². The van der Waals surface area contributed by atoms with Crippen LogP contribution in [0.25, 0.3) is 11.3 Å². The van der Waals surface area contributed by atoms with Gasteiger partial charge in [-0.25, -0.2) is 9.97 Å². The van der Waals surface area contributed by atoms with E-state index >= 15 is 0 Å². The summed E-state index contributed by atoms with van der Waals surface area (Å²) in [5.41, 5.74) is 3.91. The van der Waals surface area contributed by atoms with E-state index in [4.69, 9.17) is 0 Å². The Kier molecular flexibility index (Phi) is 7.20. The van der Waals surface area contributed by atoms with E-state index in [9.17, 15) is 9.59 Å². The average molecular weight is 462 g/mol. The molecule has 0 spiro atoms. The summed E-state index contributed by atoms with van der Waals surface area (Å²) >= 11 is 0. The lowest BCUT2D eigenvalue weighted by molar-refractivity contribution is -0.132. The summed E-state index contributed by atoms with van der Waals surface area (Å²) in [7, 11) is 0. The van der Waals surface area contributed by atoms with Crippen molar-refractivity contribution in [3.8, 4) is 11.3 Å². The van der Waals surface area contributed by atoms with Crippen LogP contribution >= 0.6 is 0 Å². The number of benzene rings is 1. The van der Waals surface area contributed by atoms with Crippen molar-refractivity contribution in [2.45, 2.75) is 52.6 Å². The molecule has 1 fully saturated rings. The van der Waals surface area contributed by atoms with Crippen molar-refractivity contribution in [1.82, 2.24) is 30.0 Å². The minimum atomic E-state index is -0.0981. The molecule has 2 aromatic heterocycles. The third kappa shape index (κ3) is 5.78. The average Bonchev–Trinajstić information content (AvgIpc) is 3.27. The van der Waals surface area contributed by atoms with Gasteiger partial charge in [-0.15, -0.1) is 0 Å². The zero-order chi connectivity index (χ0) is 24.1. The van der Waals surface area contributed by atoms with Gasteiger partial charge in [-0.2, -0.15) is 5.10 Å². The summed E-state index contributed by atoms with van der Waals surface area (Å²) in [6, 6.07) is 7.45. The van der Waals surface area contributed by atoms with Crippen molar-refractivity contribution in [1.29, 1.82) is 0 Å². The number of carbonyl (C=O) groups excluding carboxylic acids is 2. The molecule has 0 atom stereocenters. The molecule has 1 saturated heterocycles. The Hall–Kier alpha value is -3.75. The van der Waals surface area contributed by atoms with Crippen LogP contribution in [-0.2, 0) is 11.3 Å². The second-order valence-electron chi connectivity index (χ2n) is 8.92. The van der Waals surface area contributed by atoms with Crippen molar-refractivity contribution >= 4 is 23.5 Å². The lowest BCUT2D eigenvalue weighted by atomic mass is 10.1. The van der Waals surface area contributed by atoms with E-state index in [1.54, 1.807) is 35.4 Å². The largest absolute Gasteiger partial charge is 0.350 e. The first-order valence-corrected chi connectivity index (χ1v) is 11.7. The fourth-order valence-corrected chi connectivity index (χ4v) is 3.95. The molecule has 3 aromatic rings. The number of hydrogen-bond acceptors (Lipinski definition) is 6. The molecule has 9 heteroatoms. The van der Waals surface area contributed by atoms with Gasteiger partial charge in [0, 0.05) is 42.7 Å². The number of aryl methyl sites for hydroxylation is 1. The Labute approximate surface area is 199 Å². The molecular weight excluding hydrogens is 430 g/mol. The number of likely N-dealkylation sites (tertiary alicyclic amines) is 1. The highest BCUT2D eigenvalue weighted by Gasteiger charge is 2.17. The molecule has 1 aliphatic heterocycles. The smallest absolute Gasteiger partial charge is 0.251 e. The van der Waals surface area contributed by atoms with Gasteiger partial charge in [-0.3, -0.25) is 14.3 Å². The molecule has 1 aliphatic rings. The van der Waals surface area contributed by atoms with Gasteiger partial charge >= 0.3 is 0 Å². The molecule has 0 bridgehead atoms. The number of amides is 2. The molecule has 4 rings (SSSR count). The SMILES string of the molecule is Cc1cnc(Nc2cnn(CC(=O)N3CCCCC3)c2)nc1-c1ccc(C(=O)NC(C)C)cc1. The maximum absolute atomic E-state index is 12.5. The lowest BCUT2D eigenvalue weighted by Gasteiger charge is -2.26. The highest BCUT2D eigenvalue weighted by molar-refractivity contribution is 5.94. The summed E-state index contributed by atoms with van der Waals surface area (Å²) < 4.78 is 1.63. The van der Waals surface area contributed by atoms with Crippen LogP contribution in [0.5, 0.6) is 0 Å². The topological polar surface area (TPSA) is 105 Å². The van der Waals surface area contributed by atoms with Gasteiger partial charge in [0.2, 0.25) is 11.9 Å². The van der Waals surface area contributed by atoms with Gasteiger partial charge in [0.05, 0.1) is 17.6 Å². The van der Waals surface area contributed by atoms with Crippen molar-refractivity contribution in [3.63, 3.8) is 0 Å². The summed E-state index contributed by atoms with van der Waals surface area (Å²) in [5.74, 6) is 0.428. The second-order valence-corrected chi connectivity index (χ2v) is 8.92. The zero-order valence-electron chi connectivity index (χ0n) is 19.9. The maximum atomic E-state index is 12.5. The third-order valence-electron chi connectivity index (χ3n) is 5.71. The number of nitrogens with zero attached hydrogens (tertiary/aromatic N) is 5. The van der Waals surface area contributed by atoms with Crippen LogP contribution in [0, 0.1) is 6.92 Å². The number of nitrogens with one attached hydrogen (secondary N) is 2. The van der Waals surface area contributed by atoms with Crippen molar-refractivity contribution in [3.05, 3.63) is 54.0 Å². The molecular formula is C25H31N7O2. The molecule has 178 valence electrons. The molecule has 3 heterocycles. The van der Waals surface area contributed by atoms with E-state index in [2.05, 4.69) is 25.7 Å². The van der Waals surface area contributed by atoms with E-state index in [0.717, 1.165) is 42.8 Å². The van der Waals surface area contributed by atoms with Gasteiger partial charge in [0.25, 0.3) is 5.91 Å². The molecule has 9 nitrogen and oxygen atoms in total. The number of carbonyl (C=O) groups is 2. The normalized spacial score (nSPS) is 13.7. The predicted octanol–water partition coefficient (Wildman–Crippen LogP) is 3.54. The molecule has 0 aliphatic carbocycles. The highest BCUT2D eigenvalue weighted by atomic mass is 16.2. The van der Waals surface area contributed by atoms with Crippen LogP contribution in [0.1, 0.15) is 49.0 Å². The fourth-order valence-electron chi connectivity index (χ4n) is 3.95. The third-order valence-corrected chi connectivity index (χ3v) is 5.71. The van der Waals surface area contributed by atoms with Crippen LogP contribution < -0.4 is 10.6 Å². The van der Waals surface area contributed by atoms with E-state index in [1.165, 1.54) is 6.42 Å². The van der Waals surface area contributed by atoms with Gasteiger partial charge < -0.3 is 15.5 Å². The first kappa shape index (κ1) is 23.4. The lowest BCUT2D eigenvalue weighted by Crippen LogP contribution is -2.37. The zero-order valence-corrected chi connectivity index (χ0v) is 19.9. The first-order valence-electron chi connectivity index (χ1n) is 11.7. The van der Waals surface area contributed by atoms with E-state index in [-0.39, 0.29) is 24.4 Å². The highest BCUT2D eigenvalue weighted by Crippen LogP contribution is 2.23. The Morgan fingerprint density at radius 2 is 1.79 bits per heavy atom. The number of aromatic nitrogens is 4. The van der Waals surface area contributed by atoms with Crippen molar-refractivity contribution in [2.24, 2.45) is 0 Å². The van der Waals surface area contributed by atoms with Crippen molar-refractivity contribution < 1.29 is 9.59 Å². The Morgan fingerprint density at radius 1 is 1.06 bits per heavy atom. The molecule has 2 N–H and O–H groups in total. The monoisotopic (exact) mass is 461 g/mol. The van der Waals surface area contributed by atoms with E-state index < -0.39 is 0 Å². The standard InChI is InChI=1S/C25H31N7O2/c1-17(2)28-24(34)20-9-7-19(8-10-20)23-18(3)13-26-25(30-23)29-21-14-27-32(15-21)16-22(33)31-11-5-4-6-12-31/h7-10,13-15,17H,4-6,11-12,16H2,1-3H3,(H,28,34)(H,26,29,30). The Morgan fingerprint density at radius 3 is 2.50 bits per heavy atom. The van der Waals surface area contributed by atoms with Crippen molar-refractivity contribution in [2.75, 3.05) is 18.4 Å². The van der Waals surface area contributed by atoms with Crippen LogP contribution in [-0.4, -0.2) is 55.6 Å². The second kappa shape index (κ2) is 10.5. The molecule has 0 saturated carbocycles. The van der Waals surface area contributed by atoms with Crippen LogP contribution in [0.4, 0.5) is 11.6 Å². The maximum Gasteiger partial charge on any atom is 0.251 e. The minimum Gasteiger partial charge on any atom is -0.350 e. The molecule has 34 heavy (non-hydrogen) atoms. The number of anilines is 2. The predicted molar refractivity (Wildman–Crippen MR) is 131 cm³/mol. The minimum absolute atomic E-state index is 0.0807. The molecule has 0 radical (unpaired) electrons. The quantitative estimate of drug-likeness (QED) is 0.558. The van der Waals surface area contributed by atoms with E-state index in [1.807, 2.05) is 37.8 Å². The molecule has 0 unspecified atom stereocenters. The van der Waals surface area contributed by atoms with Gasteiger partial charge in [-0.1, -0.05) is 12.1 Å². The summed E-state index contributed by atoms with van der Waals surface area (Å²) in [4.78, 5) is 35.7. The van der Waals surface area contributed by atoms with Crippen LogP contribution in [0.15, 0.2) is 42.9 Å². The Balaban J connectivity index is 1.43. The first-order chi connectivity index (χ1) is 16.4. The van der Waals surface area contributed by atoms with Gasteiger partial charge in [0.15, 0.2) is 0 Å². The number of rotatable bonds is 7. The summed E-state index contributed by atoms with van der Waals surface area (Å²) in [6.45, 7) is 7.69. The number of piperidine rings is 1. The summed E-state index contributed by atoms with van der Waals surface area (Å²) in [6.07, 6.45) is 8.53. The number of hydrogen-bond donors (Lipinski definition) is 2. The summed E-state index contributed by atoms with van der Waals surface area (Å²) in [5, 5.41) is 10.4. The fraction of sp³-hybridized carbons (Fsp3) is 0.400.